The van der Waals surface area contributed by atoms with E-state index in [-0.39, 0.29) is 5.91 Å². The lowest BCUT2D eigenvalue weighted by molar-refractivity contribution is -0.115. The molecule has 1 heterocycles. The molecule has 1 aromatic heterocycles. The van der Waals surface area contributed by atoms with Gasteiger partial charge in [-0.1, -0.05) is 65.9 Å². The average Bonchev–Trinajstić information content (AvgIpc) is 3.09. The van der Waals surface area contributed by atoms with Crippen LogP contribution in [0.15, 0.2) is 72.4 Å². The van der Waals surface area contributed by atoms with E-state index in [0.29, 0.717) is 11.7 Å². The van der Waals surface area contributed by atoms with E-state index in [4.69, 9.17) is 0 Å². The number of nitrogens with zero attached hydrogens (tertiary/aromatic N) is 4. The summed E-state index contributed by atoms with van der Waals surface area (Å²) in [5, 5.41) is 14.7. The van der Waals surface area contributed by atoms with E-state index in [1.54, 1.807) is 10.8 Å². The SMILES string of the molecule is C=CCn1nnnc1SC(C(=O)Nc1ccc(C)cc1)c1ccccc1. The van der Waals surface area contributed by atoms with Gasteiger partial charge >= 0.3 is 0 Å². The van der Waals surface area contributed by atoms with Gasteiger partial charge in [0.2, 0.25) is 11.1 Å². The van der Waals surface area contributed by atoms with Crippen LogP contribution in [0, 0.1) is 6.92 Å². The standard InChI is InChI=1S/C19H19N5OS/c1-3-13-24-19(21-22-23-24)26-17(15-7-5-4-6-8-15)18(25)20-16-11-9-14(2)10-12-16/h3-12,17H,1,13H2,2H3,(H,20,25). The predicted octanol–water partition coefficient (Wildman–Crippen LogP) is 3.64. The lowest BCUT2D eigenvalue weighted by Crippen LogP contribution is -2.19. The molecule has 6 nitrogen and oxygen atoms in total. The third kappa shape index (κ3) is 4.37. The number of nitrogens with one attached hydrogen (secondary N) is 1. The minimum absolute atomic E-state index is 0.127. The normalized spacial score (nSPS) is 11.7. The van der Waals surface area contributed by atoms with E-state index >= 15 is 0 Å². The van der Waals surface area contributed by atoms with Gasteiger partial charge in [-0.2, -0.15) is 0 Å². The number of hydrogen-bond acceptors (Lipinski definition) is 5. The fourth-order valence-corrected chi connectivity index (χ4v) is 3.35. The zero-order chi connectivity index (χ0) is 18.4. The number of benzene rings is 2. The van der Waals surface area contributed by atoms with Crippen LogP contribution in [0.25, 0.3) is 0 Å². The van der Waals surface area contributed by atoms with Crippen LogP contribution >= 0.6 is 11.8 Å². The molecule has 1 atom stereocenters. The molecule has 0 spiro atoms. The Bertz CT molecular complexity index is 876. The Labute approximate surface area is 156 Å². The summed E-state index contributed by atoms with van der Waals surface area (Å²) in [4.78, 5) is 13.0. The molecule has 0 bridgehead atoms. The fraction of sp³-hybridized carbons (Fsp3) is 0.158. The van der Waals surface area contributed by atoms with Gasteiger partial charge in [0.15, 0.2) is 0 Å². The second-order valence-corrected chi connectivity index (χ2v) is 6.77. The van der Waals surface area contributed by atoms with Crippen molar-refractivity contribution in [1.82, 2.24) is 20.2 Å². The van der Waals surface area contributed by atoms with Crippen molar-refractivity contribution in [3.63, 3.8) is 0 Å². The third-order valence-electron chi connectivity index (χ3n) is 3.68. The van der Waals surface area contributed by atoms with Gasteiger partial charge in [-0.3, -0.25) is 4.79 Å². The molecule has 0 fully saturated rings. The highest BCUT2D eigenvalue weighted by Gasteiger charge is 2.25. The number of carbonyl (C=O) groups excluding carboxylic acids is 1. The Kier molecular flexibility index (Phi) is 5.80. The minimum atomic E-state index is -0.480. The zero-order valence-electron chi connectivity index (χ0n) is 14.4. The summed E-state index contributed by atoms with van der Waals surface area (Å²) >= 11 is 1.31. The monoisotopic (exact) mass is 365 g/mol. The second-order valence-electron chi connectivity index (χ2n) is 5.70. The number of thioether (sulfide) groups is 1. The van der Waals surface area contributed by atoms with Gasteiger partial charge in [0.05, 0.1) is 6.54 Å². The number of hydrogen-bond donors (Lipinski definition) is 1. The molecule has 0 aliphatic rings. The van der Waals surface area contributed by atoms with Crippen LogP contribution in [0.1, 0.15) is 16.4 Å². The third-order valence-corrected chi connectivity index (χ3v) is 4.91. The number of amides is 1. The molecule has 0 saturated heterocycles. The number of rotatable bonds is 7. The van der Waals surface area contributed by atoms with Gasteiger partial charge in [0.1, 0.15) is 5.25 Å². The summed E-state index contributed by atoms with van der Waals surface area (Å²) in [5.74, 6) is -0.127. The quantitative estimate of drug-likeness (QED) is 0.511. The van der Waals surface area contributed by atoms with Crippen LogP contribution in [0.2, 0.25) is 0 Å². The lowest BCUT2D eigenvalue weighted by atomic mass is 10.1. The number of anilines is 1. The molecule has 3 rings (SSSR count). The summed E-state index contributed by atoms with van der Waals surface area (Å²) in [5.41, 5.74) is 2.78. The molecule has 1 amide bonds. The molecule has 26 heavy (non-hydrogen) atoms. The smallest absolute Gasteiger partial charge is 0.242 e. The van der Waals surface area contributed by atoms with Crippen LogP contribution < -0.4 is 5.32 Å². The Balaban J connectivity index is 1.85. The van der Waals surface area contributed by atoms with Gasteiger partial charge < -0.3 is 5.32 Å². The molecule has 0 aliphatic carbocycles. The van der Waals surface area contributed by atoms with E-state index in [9.17, 15) is 4.79 Å². The van der Waals surface area contributed by atoms with E-state index in [1.807, 2.05) is 61.5 Å². The van der Waals surface area contributed by atoms with Crippen molar-refractivity contribution in [3.8, 4) is 0 Å². The Morgan fingerprint density at radius 1 is 1.23 bits per heavy atom. The molecular formula is C19H19N5OS. The highest BCUT2D eigenvalue weighted by molar-refractivity contribution is 8.00. The molecule has 0 aliphatic heterocycles. The summed E-state index contributed by atoms with van der Waals surface area (Å²) in [6, 6.07) is 17.3. The van der Waals surface area contributed by atoms with Crippen molar-refractivity contribution in [2.75, 3.05) is 5.32 Å². The second kappa shape index (κ2) is 8.44. The fourth-order valence-electron chi connectivity index (χ4n) is 2.37. The van der Waals surface area contributed by atoms with Gasteiger partial charge in [0, 0.05) is 5.69 Å². The van der Waals surface area contributed by atoms with Crippen molar-refractivity contribution in [1.29, 1.82) is 0 Å². The van der Waals surface area contributed by atoms with Crippen molar-refractivity contribution in [3.05, 3.63) is 78.4 Å². The highest BCUT2D eigenvalue weighted by atomic mass is 32.2. The first-order valence-corrected chi connectivity index (χ1v) is 9.01. The molecule has 1 N–H and O–H groups in total. The van der Waals surface area contributed by atoms with Crippen LogP contribution in [0.4, 0.5) is 5.69 Å². The average molecular weight is 365 g/mol. The molecule has 132 valence electrons. The van der Waals surface area contributed by atoms with Crippen LogP contribution in [0.3, 0.4) is 0 Å². The van der Waals surface area contributed by atoms with Crippen LogP contribution in [-0.2, 0) is 11.3 Å². The topological polar surface area (TPSA) is 72.7 Å². The van der Waals surface area contributed by atoms with Crippen LogP contribution in [-0.4, -0.2) is 26.1 Å². The minimum Gasteiger partial charge on any atom is -0.325 e. The van der Waals surface area contributed by atoms with Crippen molar-refractivity contribution in [2.45, 2.75) is 23.9 Å². The molecule has 0 radical (unpaired) electrons. The summed E-state index contributed by atoms with van der Waals surface area (Å²) in [6.45, 7) is 6.20. The maximum absolute atomic E-state index is 13.0. The summed E-state index contributed by atoms with van der Waals surface area (Å²) in [7, 11) is 0. The highest BCUT2D eigenvalue weighted by Crippen LogP contribution is 2.34. The van der Waals surface area contributed by atoms with Crippen molar-refractivity contribution >= 4 is 23.4 Å². The van der Waals surface area contributed by atoms with E-state index in [2.05, 4.69) is 27.4 Å². The lowest BCUT2D eigenvalue weighted by Gasteiger charge is -2.16. The van der Waals surface area contributed by atoms with Crippen molar-refractivity contribution < 1.29 is 4.79 Å². The van der Waals surface area contributed by atoms with E-state index < -0.39 is 5.25 Å². The Morgan fingerprint density at radius 3 is 2.65 bits per heavy atom. The predicted molar refractivity (Wildman–Crippen MR) is 103 cm³/mol. The molecular weight excluding hydrogens is 346 g/mol. The maximum atomic E-state index is 13.0. The molecule has 3 aromatic rings. The van der Waals surface area contributed by atoms with E-state index in [1.165, 1.54) is 11.8 Å². The first kappa shape index (κ1) is 17.9. The molecule has 7 heteroatoms. The first-order valence-electron chi connectivity index (χ1n) is 8.13. The van der Waals surface area contributed by atoms with Gasteiger partial charge in [-0.25, -0.2) is 4.68 Å². The summed E-state index contributed by atoms with van der Waals surface area (Å²) in [6.07, 6.45) is 1.71. The molecule has 2 aromatic carbocycles. The number of aromatic nitrogens is 4. The van der Waals surface area contributed by atoms with Gasteiger partial charge in [-0.05, 0) is 35.0 Å². The van der Waals surface area contributed by atoms with Crippen LogP contribution in [0.5, 0.6) is 0 Å². The Morgan fingerprint density at radius 2 is 1.96 bits per heavy atom. The largest absolute Gasteiger partial charge is 0.325 e. The number of allylic oxidation sites excluding steroid dienone is 1. The summed E-state index contributed by atoms with van der Waals surface area (Å²) < 4.78 is 1.62. The van der Waals surface area contributed by atoms with E-state index in [0.717, 1.165) is 16.8 Å². The molecule has 0 saturated carbocycles. The maximum Gasteiger partial charge on any atom is 0.242 e. The first-order chi connectivity index (χ1) is 12.7. The number of tetrazole rings is 1. The van der Waals surface area contributed by atoms with Gasteiger partial charge in [-0.15, -0.1) is 11.7 Å². The molecule has 1 unspecified atom stereocenters. The Hall–Kier alpha value is -2.93. The zero-order valence-corrected chi connectivity index (χ0v) is 15.2. The number of aryl methyl sites for hydroxylation is 1. The number of carbonyl (C=O) groups is 1. The van der Waals surface area contributed by atoms with Gasteiger partial charge in [0.25, 0.3) is 0 Å². The van der Waals surface area contributed by atoms with Crippen molar-refractivity contribution in [2.24, 2.45) is 0 Å².